The third-order valence-corrected chi connectivity index (χ3v) is 2.21. The van der Waals surface area contributed by atoms with Gasteiger partial charge in [0.05, 0.1) is 18.8 Å². The van der Waals surface area contributed by atoms with Gasteiger partial charge in [0.15, 0.2) is 0 Å². The molecule has 0 amide bonds. The summed E-state index contributed by atoms with van der Waals surface area (Å²) in [7, 11) is 0. The van der Waals surface area contributed by atoms with Crippen molar-refractivity contribution in [1.82, 2.24) is 5.32 Å². The number of hydrogen-bond donors (Lipinski definition) is 3. The molecule has 17 heavy (non-hydrogen) atoms. The lowest BCUT2D eigenvalue weighted by Crippen LogP contribution is -2.28. The lowest BCUT2D eigenvalue weighted by Gasteiger charge is -2.11. The molecule has 0 fully saturated rings. The van der Waals surface area contributed by atoms with Crippen LogP contribution >= 0.6 is 0 Å². The number of ether oxygens (including phenoxy) is 1. The first kappa shape index (κ1) is 14.0. The van der Waals surface area contributed by atoms with E-state index in [0.29, 0.717) is 13.1 Å². The van der Waals surface area contributed by atoms with Gasteiger partial charge in [-0.25, -0.2) is 0 Å². The van der Waals surface area contributed by atoms with Crippen LogP contribution in [0.4, 0.5) is 0 Å². The van der Waals surface area contributed by atoms with Gasteiger partial charge in [0, 0.05) is 13.1 Å². The van der Waals surface area contributed by atoms with Crippen molar-refractivity contribution in [3.8, 4) is 5.75 Å². The number of benzene rings is 1. The van der Waals surface area contributed by atoms with Gasteiger partial charge >= 0.3 is 0 Å². The fourth-order valence-electron chi connectivity index (χ4n) is 1.41. The molecule has 0 aliphatic heterocycles. The highest BCUT2D eigenvalue weighted by atomic mass is 16.5. The highest BCUT2D eigenvalue weighted by molar-refractivity contribution is 5.27. The van der Waals surface area contributed by atoms with Gasteiger partial charge < -0.3 is 20.3 Å². The smallest absolute Gasteiger partial charge is 0.119 e. The number of aliphatic hydroxyl groups excluding tert-OH is 2. The Hall–Kier alpha value is -1.10. The molecule has 1 rings (SSSR count). The van der Waals surface area contributed by atoms with Gasteiger partial charge in [0.1, 0.15) is 5.75 Å². The van der Waals surface area contributed by atoms with Crippen molar-refractivity contribution in [3.63, 3.8) is 0 Å². The van der Waals surface area contributed by atoms with E-state index in [2.05, 4.69) is 5.32 Å². The van der Waals surface area contributed by atoms with Gasteiger partial charge in [-0.1, -0.05) is 12.1 Å². The molecule has 1 aromatic rings. The number of hydrogen-bond acceptors (Lipinski definition) is 4. The third kappa shape index (κ3) is 5.68. The highest BCUT2D eigenvalue weighted by Crippen LogP contribution is 2.13. The third-order valence-electron chi connectivity index (χ3n) is 2.21. The van der Waals surface area contributed by atoms with Gasteiger partial charge in [0.25, 0.3) is 0 Å². The van der Waals surface area contributed by atoms with Crippen molar-refractivity contribution in [2.24, 2.45) is 0 Å². The summed E-state index contributed by atoms with van der Waals surface area (Å²) >= 11 is 0. The average molecular weight is 239 g/mol. The van der Waals surface area contributed by atoms with Crippen LogP contribution in [0.25, 0.3) is 0 Å². The van der Waals surface area contributed by atoms with E-state index in [1.54, 1.807) is 0 Å². The van der Waals surface area contributed by atoms with E-state index in [1.165, 1.54) is 0 Å². The molecule has 0 spiro atoms. The zero-order valence-corrected chi connectivity index (χ0v) is 10.4. The fourth-order valence-corrected chi connectivity index (χ4v) is 1.41. The average Bonchev–Trinajstić information content (AvgIpc) is 2.30. The second-order valence-corrected chi connectivity index (χ2v) is 4.28. The minimum absolute atomic E-state index is 0.179. The lowest BCUT2D eigenvalue weighted by molar-refractivity contribution is 0.0942. The van der Waals surface area contributed by atoms with Gasteiger partial charge in [-0.05, 0) is 31.5 Å². The Kier molecular flexibility index (Phi) is 5.97. The molecular weight excluding hydrogens is 218 g/mol. The van der Waals surface area contributed by atoms with Crippen molar-refractivity contribution in [3.05, 3.63) is 29.8 Å². The fraction of sp³-hybridized carbons (Fsp3) is 0.538. The minimum atomic E-state index is -0.696. The molecule has 0 aromatic heterocycles. The predicted molar refractivity (Wildman–Crippen MR) is 67.0 cm³/mol. The van der Waals surface area contributed by atoms with E-state index in [0.717, 1.165) is 11.3 Å². The monoisotopic (exact) mass is 239 g/mol. The maximum Gasteiger partial charge on any atom is 0.119 e. The second kappa shape index (κ2) is 7.27. The van der Waals surface area contributed by atoms with Gasteiger partial charge in [-0.2, -0.15) is 0 Å². The summed E-state index contributed by atoms with van der Waals surface area (Å²) in [5.41, 5.74) is 1.12. The number of nitrogens with one attached hydrogen (secondary N) is 1. The molecule has 4 nitrogen and oxygen atoms in total. The highest BCUT2D eigenvalue weighted by Gasteiger charge is 2.01. The van der Waals surface area contributed by atoms with Gasteiger partial charge in [-0.3, -0.25) is 0 Å². The molecule has 96 valence electrons. The van der Waals surface area contributed by atoms with Crippen LogP contribution < -0.4 is 10.1 Å². The molecule has 1 atom stereocenters. The molecule has 0 heterocycles. The molecule has 0 radical (unpaired) electrons. The van der Waals surface area contributed by atoms with Crippen molar-refractivity contribution in [1.29, 1.82) is 0 Å². The number of aliphatic hydroxyl groups is 2. The standard InChI is InChI=1S/C13H21NO3/c1-10(2)17-13-5-3-11(4-6-13)7-14-8-12(16)9-15/h3-6,10,12,14-16H,7-9H2,1-2H3. The molecule has 0 aliphatic carbocycles. The maximum atomic E-state index is 9.15. The minimum Gasteiger partial charge on any atom is -0.491 e. The van der Waals surface area contributed by atoms with Crippen LogP contribution in [0, 0.1) is 0 Å². The molecule has 0 bridgehead atoms. The SMILES string of the molecule is CC(C)Oc1ccc(CNCC(O)CO)cc1. The van der Waals surface area contributed by atoms with Crippen molar-refractivity contribution < 1.29 is 14.9 Å². The van der Waals surface area contributed by atoms with Crippen LogP contribution in [-0.4, -0.2) is 35.6 Å². The van der Waals surface area contributed by atoms with Crippen molar-refractivity contribution in [2.45, 2.75) is 32.6 Å². The van der Waals surface area contributed by atoms with Gasteiger partial charge in [-0.15, -0.1) is 0 Å². The van der Waals surface area contributed by atoms with Crippen LogP contribution in [-0.2, 0) is 6.54 Å². The quantitative estimate of drug-likeness (QED) is 0.662. The topological polar surface area (TPSA) is 61.7 Å². The molecule has 1 unspecified atom stereocenters. The molecule has 0 aliphatic rings. The second-order valence-electron chi connectivity index (χ2n) is 4.28. The first-order valence-electron chi connectivity index (χ1n) is 5.87. The molecule has 0 saturated carbocycles. The van der Waals surface area contributed by atoms with E-state index in [4.69, 9.17) is 14.9 Å². The molecule has 4 heteroatoms. The Bertz CT molecular complexity index is 311. The summed E-state index contributed by atoms with van der Waals surface area (Å²) in [6.07, 6.45) is -0.516. The zero-order valence-electron chi connectivity index (χ0n) is 10.4. The summed E-state index contributed by atoms with van der Waals surface area (Å²) < 4.78 is 5.54. The summed E-state index contributed by atoms with van der Waals surface area (Å²) in [6.45, 7) is 4.82. The first-order chi connectivity index (χ1) is 8.11. The van der Waals surface area contributed by atoms with E-state index in [-0.39, 0.29) is 12.7 Å². The zero-order chi connectivity index (χ0) is 12.7. The van der Waals surface area contributed by atoms with E-state index in [9.17, 15) is 0 Å². The summed E-state index contributed by atoms with van der Waals surface area (Å²) in [6, 6.07) is 7.82. The maximum absolute atomic E-state index is 9.15. The molecule has 1 aromatic carbocycles. The van der Waals surface area contributed by atoms with Crippen LogP contribution in [0.3, 0.4) is 0 Å². The molecule has 3 N–H and O–H groups in total. The summed E-state index contributed by atoms with van der Waals surface area (Å²) in [5.74, 6) is 0.860. The van der Waals surface area contributed by atoms with Crippen molar-refractivity contribution >= 4 is 0 Å². The van der Waals surface area contributed by atoms with Crippen LogP contribution in [0.5, 0.6) is 5.75 Å². The van der Waals surface area contributed by atoms with Crippen molar-refractivity contribution in [2.75, 3.05) is 13.2 Å². The Labute approximate surface area is 102 Å². The largest absolute Gasteiger partial charge is 0.491 e. The lowest BCUT2D eigenvalue weighted by atomic mass is 10.2. The van der Waals surface area contributed by atoms with Crippen LogP contribution in [0.2, 0.25) is 0 Å². The Balaban J connectivity index is 2.35. The molecule has 0 saturated heterocycles. The van der Waals surface area contributed by atoms with E-state index < -0.39 is 6.10 Å². The number of rotatable bonds is 7. The normalized spacial score (nSPS) is 12.8. The predicted octanol–water partition coefficient (Wildman–Crippen LogP) is 0.917. The Morgan fingerprint density at radius 1 is 1.24 bits per heavy atom. The molecular formula is C13H21NO3. The van der Waals surface area contributed by atoms with E-state index in [1.807, 2.05) is 38.1 Å². The Morgan fingerprint density at radius 3 is 2.41 bits per heavy atom. The van der Waals surface area contributed by atoms with E-state index >= 15 is 0 Å². The summed E-state index contributed by atoms with van der Waals surface area (Å²) in [4.78, 5) is 0. The summed E-state index contributed by atoms with van der Waals surface area (Å²) in [5, 5.41) is 20.9. The van der Waals surface area contributed by atoms with Crippen LogP contribution in [0.1, 0.15) is 19.4 Å². The van der Waals surface area contributed by atoms with Crippen LogP contribution in [0.15, 0.2) is 24.3 Å². The Morgan fingerprint density at radius 2 is 1.88 bits per heavy atom. The van der Waals surface area contributed by atoms with Gasteiger partial charge in [0.2, 0.25) is 0 Å². The first-order valence-corrected chi connectivity index (χ1v) is 5.87.